The molecule has 0 aliphatic carbocycles. The van der Waals surface area contributed by atoms with Gasteiger partial charge >= 0.3 is 5.97 Å². The zero-order chi connectivity index (χ0) is 19.2. The van der Waals surface area contributed by atoms with Crippen molar-refractivity contribution in [3.8, 4) is 0 Å². The Bertz CT molecular complexity index is 909. The van der Waals surface area contributed by atoms with Gasteiger partial charge in [0.1, 0.15) is 0 Å². The van der Waals surface area contributed by atoms with Gasteiger partial charge in [-0.3, -0.25) is 9.52 Å². The zero-order valence-electron chi connectivity index (χ0n) is 14.6. The van der Waals surface area contributed by atoms with E-state index in [9.17, 15) is 9.59 Å². The summed E-state index contributed by atoms with van der Waals surface area (Å²) in [7, 11) is 0.298. The third kappa shape index (κ3) is 4.21. The van der Waals surface area contributed by atoms with Crippen molar-refractivity contribution in [1.82, 2.24) is 4.72 Å². The van der Waals surface area contributed by atoms with Gasteiger partial charge in [0.2, 0.25) is 0 Å². The molecule has 0 heterocycles. The number of esters is 1. The highest BCUT2D eigenvalue weighted by molar-refractivity contribution is 7.80. The van der Waals surface area contributed by atoms with Gasteiger partial charge in [0.15, 0.2) is 0 Å². The van der Waals surface area contributed by atoms with Gasteiger partial charge in [-0.25, -0.2) is 4.79 Å². The molecule has 3 rings (SSSR count). The minimum absolute atomic E-state index is 0.327. The topological polar surface area (TPSA) is 55.4 Å². The first kappa shape index (κ1) is 19.2. The van der Waals surface area contributed by atoms with Crippen LogP contribution in [0.1, 0.15) is 20.7 Å². The van der Waals surface area contributed by atoms with Gasteiger partial charge in [-0.05, 0) is 36.7 Å². The largest absolute Gasteiger partial charge is 0.465 e. The van der Waals surface area contributed by atoms with Gasteiger partial charge in [-0.1, -0.05) is 73.5 Å². The Kier molecular flexibility index (Phi) is 6.28. The van der Waals surface area contributed by atoms with Crippen molar-refractivity contribution in [3.05, 3.63) is 90.0 Å². The number of nitrogens with one attached hydrogen (secondary N) is 1. The second-order valence-electron chi connectivity index (χ2n) is 5.67. The molecule has 0 aliphatic rings. The maximum atomic E-state index is 12.4. The quantitative estimate of drug-likeness (QED) is 0.397. The SMILES string of the molecule is COC(=O)c1ccc(C(=O)NS)cc1P(c1ccccc1)c1ccccc1. The van der Waals surface area contributed by atoms with Crippen LogP contribution in [0.4, 0.5) is 0 Å². The summed E-state index contributed by atoms with van der Waals surface area (Å²) in [6.07, 6.45) is 0. The molecule has 0 saturated heterocycles. The number of benzene rings is 3. The van der Waals surface area contributed by atoms with Crippen LogP contribution in [0.15, 0.2) is 78.9 Å². The van der Waals surface area contributed by atoms with Crippen molar-refractivity contribution >= 4 is 48.5 Å². The van der Waals surface area contributed by atoms with Crippen molar-refractivity contribution in [2.45, 2.75) is 0 Å². The molecule has 1 amide bonds. The second-order valence-corrected chi connectivity index (χ2v) is 8.08. The molecule has 0 aliphatic heterocycles. The van der Waals surface area contributed by atoms with Crippen LogP contribution in [0.25, 0.3) is 0 Å². The van der Waals surface area contributed by atoms with E-state index in [2.05, 4.69) is 17.5 Å². The van der Waals surface area contributed by atoms with E-state index < -0.39 is 13.9 Å². The van der Waals surface area contributed by atoms with Crippen LogP contribution in [0.2, 0.25) is 0 Å². The van der Waals surface area contributed by atoms with E-state index in [0.29, 0.717) is 11.1 Å². The summed E-state index contributed by atoms with van der Waals surface area (Å²) in [6.45, 7) is 0. The molecule has 0 atom stereocenters. The number of amides is 1. The third-order valence-electron chi connectivity index (χ3n) is 4.04. The fraction of sp³-hybridized carbons (Fsp3) is 0.0476. The number of methoxy groups -OCH3 is 1. The van der Waals surface area contributed by atoms with E-state index in [1.807, 2.05) is 60.7 Å². The van der Waals surface area contributed by atoms with E-state index >= 15 is 0 Å². The van der Waals surface area contributed by atoms with Gasteiger partial charge in [0.25, 0.3) is 5.91 Å². The van der Waals surface area contributed by atoms with Crippen molar-refractivity contribution in [2.24, 2.45) is 0 Å². The van der Waals surface area contributed by atoms with E-state index in [4.69, 9.17) is 4.74 Å². The van der Waals surface area contributed by atoms with Crippen LogP contribution < -0.4 is 20.6 Å². The smallest absolute Gasteiger partial charge is 0.338 e. The van der Waals surface area contributed by atoms with Crippen LogP contribution in [-0.4, -0.2) is 19.0 Å². The Balaban J connectivity index is 2.27. The summed E-state index contributed by atoms with van der Waals surface area (Å²) < 4.78 is 7.32. The summed E-state index contributed by atoms with van der Waals surface area (Å²) >= 11 is 3.85. The molecule has 0 aromatic heterocycles. The van der Waals surface area contributed by atoms with Crippen LogP contribution in [0.3, 0.4) is 0 Å². The molecule has 0 saturated carbocycles. The van der Waals surface area contributed by atoms with Gasteiger partial charge in [0.05, 0.1) is 12.7 Å². The lowest BCUT2D eigenvalue weighted by atomic mass is 10.1. The highest BCUT2D eigenvalue weighted by atomic mass is 32.1. The van der Waals surface area contributed by atoms with E-state index in [1.54, 1.807) is 18.2 Å². The lowest BCUT2D eigenvalue weighted by Gasteiger charge is -2.22. The number of hydrogen-bond donors (Lipinski definition) is 2. The van der Waals surface area contributed by atoms with Crippen LogP contribution in [0.5, 0.6) is 0 Å². The van der Waals surface area contributed by atoms with Crippen LogP contribution in [-0.2, 0) is 4.74 Å². The first-order chi connectivity index (χ1) is 13.2. The Hall–Kier alpha value is -2.62. The summed E-state index contributed by atoms with van der Waals surface area (Å²) in [5.74, 6) is -0.755. The Morgan fingerprint density at radius 2 is 1.44 bits per heavy atom. The predicted octanol–water partition coefficient (Wildman–Crippen LogP) is 2.81. The summed E-state index contributed by atoms with van der Waals surface area (Å²) in [4.78, 5) is 24.5. The number of thiol groups is 1. The van der Waals surface area contributed by atoms with Crippen LogP contribution >= 0.6 is 20.7 Å². The fourth-order valence-electron chi connectivity index (χ4n) is 2.79. The van der Waals surface area contributed by atoms with E-state index in [1.165, 1.54) is 7.11 Å². The Labute approximate surface area is 164 Å². The summed E-state index contributed by atoms with van der Waals surface area (Å²) in [5, 5.41) is 2.92. The van der Waals surface area contributed by atoms with Gasteiger partial charge in [0, 0.05) is 10.9 Å². The minimum Gasteiger partial charge on any atom is -0.465 e. The average molecular weight is 395 g/mol. The molecule has 136 valence electrons. The van der Waals surface area contributed by atoms with Gasteiger partial charge in [-0.2, -0.15) is 0 Å². The number of hydrogen-bond acceptors (Lipinski definition) is 4. The minimum atomic E-state index is -1.06. The van der Waals surface area contributed by atoms with Crippen LogP contribution in [0, 0.1) is 0 Å². The highest BCUT2D eigenvalue weighted by Gasteiger charge is 2.24. The molecule has 0 radical (unpaired) electrons. The number of carbonyl (C=O) groups is 2. The lowest BCUT2D eigenvalue weighted by Crippen LogP contribution is -2.27. The fourth-order valence-corrected chi connectivity index (χ4v) is 5.39. The highest BCUT2D eigenvalue weighted by Crippen LogP contribution is 2.34. The zero-order valence-corrected chi connectivity index (χ0v) is 16.4. The molecule has 3 aromatic carbocycles. The summed E-state index contributed by atoms with van der Waals surface area (Å²) in [5.41, 5.74) is 0.888. The van der Waals surface area contributed by atoms with Crippen molar-refractivity contribution < 1.29 is 14.3 Å². The molecule has 0 fully saturated rings. The first-order valence-electron chi connectivity index (χ1n) is 8.22. The molecule has 27 heavy (non-hydrogen) atoms. The molecular weight excluding hydrogens is 377 g/mol. The molecule has 1 N–H and O–H groups in total. The molecular formula is C21H18NO3PS. The molecule has 4 nitrogen and oxygen atoms in total. The maximum Gasteiger partial charge on any atom is 0.338 e. The lowest BCUT2D eigenvalue weighted by molar-refractivity contribution is 0.0602. The number of carbonyl (C=O) groups excluding carboxylic acids is 2. The standard InChI is InChI=1S/C21H18NO3PS/c1-25-21(24)18-13-12-15(20(23)22-27)14-19(18)26(16-8-4-2-5-9-16)17-10-6-3-7-11-17/h2-14,27H,1H3,(H,22,23). The van der Waals surface area contributed by atoms with Crippen molar-refractivity contribution in [3.63, 3.8) is 0 Å². The second kappa shape index (κ2) is 8.85. The normalized spacial score (nSPS) is 10.5. The molecule has 0 unspecified atom stereocenters. The Morgan fingerprint density at radius 1 is 0.889 bits per heavy atom. The van der Waals surface area contributed by atoms with Gasteiger partial charge < -0.3 is 4.74 Å². The van der Waals surface area contributed by atoms with Gasteiger partial charge in [-0.15, -0.1) is 0 Å². The molecule has 0 bridgehead atoms. The maximum absolute atomic E-state index is 12.4. The summed E-state index contributed by atoms with van der Waals surface area (Å²) in [6, 6.07) is 24.9. The van der Waals surface area contributed by atoms with E-state index in [-0.39, 0.29) is 5.91 Å². The predicted molar refractivity (Wildman–Crippen MR) is 113 cm³/mol. The Morgan fingerprint density at radius 3 is 1.93 bits per heavy atom. The van der Waals surface area contributed by atoms with Crippen molar-refractivity contribution in [2.75, 3.05) is 7.11 Å². The monoisotopic (exact) mass is 395 g/mol. The third-order valence-corrected chi connectivity index (χ3v) is 6.72. The number of rotatable bonds is 5. The van der Waals surface area contributed by atoms with E-state index in [0.717, 1.165) is 15.9 Å². The average Bonchev–Trinajstić information content (AvgIpc) is 2.74. The number of ether oxygens (including phenoxy) is 1. The first-order valence-corrected chi connectivity index (χ1v) is 10.0. The van der Waals surface area contributed by atoms with Crippen molar-refractivity contribution in [1.29, 1.82) is 0 Å². The molecule has 3 aromatic rings. The molecule has 0 spiro atoms. The molecule has 6 heteroatoms.